The molecule has 0 saturated heterocycles. The minimum Gasteiger partial charge on any atom is -0.748 e. The molecule has 0 aromatic rings. The smallest absolute Gasteiger partial charge is 0.748 e. The SMILES string of the molecule is CC(Cl)CS(=O)(=O)[O-].[Na+]. The van der Waals surface area contributed by atoms with Crippen molar-refractivity contribution in [2.24, 2.45) is 0 Å². The predicted octanol–water partition coefficient (Wildman–Crippen LogP) is -2.84. The van der Waals surface area contributed by atoms with E-state index >= 15 is 0 Å². The second-order valence-electron chi connectivity index (χ2n) is 1.51. The van der Waals surface area contributed by atoms with Gasteiger partial charge in [0.15, 0.2) is 0 Å². The first kappa shape index (κ1) is 12.8. The molecule has 0 heterocycles. The maximum Gasteiger partial charge on any atom is 1.00 e. The Morgan fingerprint density at radius 3 is 2.00 bits per heavy atom. The van der Waals surface area contributed by atoms with Crippen LogP contribution in [-0.2, 0) is 10.1 Å². The summed E-state index contributed by atoms with van der Waals surface area (Å²) in [7, 11) is -4.11. The molecule has 0 aliphatic heterocycles. The van der Waals surface area contributed by atoms with Gasteiger partial charge in [-0.05, 0) is 6.92 Å². The minimum atomic E-state index is -4.11. The van der Waals surface area contributed by atoms with Crippen molar-refractivity contribution in [3.8, 4) is 0 Å². The Morgan fingerprint density at radius 2 is 2.00 bits per heavy atom. The third-order valence-corrected chi connectivity index (χ3v) is 1.68. The van der Waals surface area contributed by atoms with Gasteiger partial charge in [-0.3, -0.25) is 0 Å². The molecule has 1 atom stereocenters. The fourth-order valence-electron chi connectivity index (χ4n) is 0.281. The summed E-state index contributed by atoms with van der Waals surface area (Å²) in [6.45, 7) is 1.46. The monoisotopic (exact) mass is 180 g/mol. The van der Waals surface area contributed by atoms with Gasteiger partial charge in [0.05, 0.1) is 15.9 Å². The molecule has 0 aromatic carbocycles. The summed E-state index contributed by atoms with van der Waals surface area (Å²) in [6, 6.07) is 0. The van der Waals surface area contributed by atoms with Crippen molar-refractivity contribution in [2.75, 3.05) is 5.75 Å². The van der Waals surface area contributed by atoms with Gasteiger partial charge < -0.3 is 4.55 Å². The van der Waals surface area contributed by atoms with Crippen molar-refractivity contribution < 1.29 is 42.5 Å². The third-order valence-electron chi connectivity index (χ3n) is 0.434. The van der Waals surface area contributed by atoms with Crippen molar-refractivity contribution in [3.63, 3.8) is 0 Å². The van der Waals surface area contributed by atoms with Gasteiger partial charge in [0.2, 0.25) is 0 Å². The second-order valence-corrected chi connectivity index (χ2v) is 3.70. The number of halogens is 1. The summed E-state index contributed by atoms with van der Waals surface area (Å²) in [4.78, 5) is 0. The van der Waals surface area contributed by atoms with E-state index in [-0.39, 0.29) is 29.6 Å². The van der Waals surface area contributed by atoms with E-state index in [0.29, 0.717) is 0 Å². The van der Waals surface area contributed by atoms with Gasteiger partial charge in [-0.1, -0.05) is 0 Å². The van der Waals surface area contributed by atoms with Crippen LogP contribution >= 0.6 is 11.6 Å². The Bertz CT molecular complexity index is 152. The molecule has 6 heteroatoms. The first-order valence-electron chi connectivity index (χ1n) is 1.99. The van der Waals surface area contributed by atoms with Crippen LogP contribution in [0.5, 0.6) is 0 Å². The molecule has 9 heavy (non-hydrogen) atoms. The van der Waals surface area contributed by atoms with Crippen LogP contribution in [0.2, 0.25) is 0 Å². The largest absolute Gasteiger partial charge is 1.00 e. The van der Waals surface area contributed by atoms with Crippen molar-refractivity contribution in [1.29, 1.82) is 0 Å². The van der Waals surface area contributed by atoms with Crippen LogP contribution in [0.3, 0.4) is 0 Å². The first-order valence-corrected chi connectivity index (χ1v) is 4.01. The van der Waals surface area contributed by atoms with E-state index in [2.05, 4.69) is 0 Å². The van der Waals surface area contributed by atoms with Gasteiger partial charge in [-0.25, -0.2) is 8.42 Å². The molecule has 0 bridgehead atoms. The molecule has 50 valence electrons. The van der Waals surface area contributed by atoms with Crippen LogP contribution in [0.4, 0.5) is 0 Å². The Balaban J connectivity index is 0. The van der Waals surface area contributed by atoms with E-state index in [9.17, 15) is 13.0 Å². The van der Waals surface area contributed by atoms with Crippen molar-refractivity contribution in [2.45, 2.75) is 12.3 Å². The molecule has 0 amide bonds. The van der Waals surface area contributed by atoms with Crippen LogP contribution < -0.4 is 29.6 Å². The molecule has 0 aromatic heterocycles. The first-order chi connectivity index (χ1) is 3.42. The summed E-state index contributed by atoms with van der Waals surface area (Å²) in [5.74, 6) is -0.492. The molecular weight excluding hydrogens is 175 g/mol. The number of rotatable bonds is 2. The molecular formula is C3H6ClNaO3S. The van der Waals surface area contributed by atoms with E-state index in [0.717, 1.165) is 0 Å². The molecule has 1 unspecified atom stereocenters. The number of hydrogen-bond acceptors (Lipinski definition) is 3. The van der Waals surface area contributed by atoms with Crippen LogP contribution in [0.1, 0.15) is 6.92 Å². The molecule has 0 radical (unpaired) electrons. The zero-order chi connectivity index (χ0) is 6.78. The fraction of sp³-hybridized carbons (Fsp3) is 1.00. The molecule has 0 N–H and O–H groups in total. The zero-order valence-corrected chi connectivity index (χ0v) is 8.87. The van der Waals surface area contributed by atoms with Crippen LogP contribution in [0.25, 0.3) is 0 Å². The van der Waals surface area contributed by atoms with Gasteiger partial charge >= 0.3 is 29.6 Å². The van der Waals surface area contributed by atoms with Crippen molar-refractivity contribution in [3.05, 3.63) is 0 Å². The van der Waals surface area contributed by atoms with E-state index in [1.54, 1.807) is 0 Å². The summed E-state index contributed by atoms with van der Waals surface area (Å²) >= 11 is 5.18. The normalized spacial score (nSPS) is 14.1. The molecule has 0 spiro atoms. The van der Waals surface area contributed by atoms with Crippen LogP contribution in [0.15, 0.2) is 0 Å². The summed E-state index contributed by atoms with van der Waals surface area (Å²) in [5, 5.41) is -0.586. The zero-order valence-electron chi connectivity index (χ0n) is 5.30. The third kappa shape index (κ3) is 12.4. The average molecular weight is 181 g/mol. The van der Waals surface area contributed by atoms with Gasteiger partial charge in [0, 0.05) is 5.38 Å². The fourth-order valence-corrected chi connectivity index (χ4v) is 1.31. The molecule has 3 nitrogen and oxygen atoms in total. The Labute approximate surface area is 81.8 Å². The van der Waals surface area contributed by atoms with E-state index in [1.807, 2.05) is 0 Å². The van der Waals surface area contributed by atoms with Crippen LogP contribution in [-0.4, -0.2) is 24.1 Å². The number of alkyl halides is 1. The quantitative estimate of drug-likeness (QED) is 0.261. The van der Waals surface area contributed by atoms with E-state index < -0.39 is 21.2 Å². The Kier molecular flexibility index (Phi) is 7.04. The summed E-state index contributed by atoms with van der Waals surface area (Å²) in [5.41, 5.74) is 0. The Morgan fingerprint density at radius 1 is 1.67 bits per heavy atom. The van der Waals surface area contributed by atoms with Gasteiger partial charge in [-0.15, -0.1) is 11.6 Å². The maximum atomic E-state index is 9.80. The standard InChI is InChI=1S/C3H7ClO3S.Na/c1-3(4)2-8(5,6)7;/h3H,2H2,1H3,(H,5,6,7);/q;+1/p-1. The van der Waals surface area contributed by atoms with Gasteiger partial charge in [0.25, 0.3) is 0 Å². The number of hydrogen-bond donors (Lipinski definition) is 0. The molecule has 0 rings (SSSR count). The van der Waals surface area contributed by atoms with Gasteiger partial charge in [-0.2, -0.15) is 0 Å². The average Bonchev–Trinajstić information content (AvgIpc) is 1.21. The second kappa shape index (κ2) is 4.93. The maximum absolute atomic E-state index is 9.80. The summed E-state index contributed by atoms with van der Waals surface area (Å²) in [6.07, 6.45) is 0. The van der Waals surface area contributed by atoms with Crippen LogP contribution in [0, 0.1) is 0 Å². The van der Waals surface area contributed by atoms with Gasteiger partial charge in [0.1, 0.15) is 0 Å². The Hall–Kier alpha value is 1.20. The van der Waals surface area contributed by atoms with Crippen molar-refractivity contribution in [1.82, 2.24) is 0 Å². The van der Waals surface area contributed by atoms with E-state index in [1.165, 1.54) is 6.92 Å². The summed E-state index contributed by atoms with van der Waals surface area (Å²) < 4.78 is 29.4. The minimum absolute atomic E-state index is 0. The van der Waals surface area contributed by atoms with Crippen molar-refractivity contribution >= 4 is 21.7 Å². The molecule has 0 aliphatic carbocycles. The molecule has 0 aliphatic rings. The predicted molar refractivity (Wildman–Crippen MR) is 29.9 cm³/mol. The molecule has 0 fully saturated rings. The van der Waals surface area contributed by atoms with E-state index in [4.69, 9.17) is 11.6 Å². The topological polar surface area (TPSA) is 57.2 Å². The molecule has 0 saturated carbocycles.